The van der Waals surface area contributed by atoms with E-state index in [1.165, 1.54) is 6.92 Å². The van der Waals surface area contributed by atoms with E-state index in [4.69, 9.17) is 0 Å². The monoisotopic (exact) mass is 348 g/mol. The molecule has 6 heteroatoms. The van der Waals surface area contributed by atoms with E-state index in [9.17, 15) is 13.6 Å². The standard InChI is InChI=1S/C9H15F2IO2Si/c1-5-14-8(13)9(10,11)6-7(12)15(2,3)4/h6H,5H2,1-4H3/b7-6-. The molecular weight excluding hydrogens is 333 g/mol. The van der Waals surface area contributed by atoms with Crippen LogP contribution in [0.3, 0.4) is 0 Å². The molecule has 2 nitrogen and oxygen atoms in total. The van der Waals surface area contributed by atoms with Gasteiger partial charge in [-0.15, -0.1) is 0 Å². The third-order valence-corrected chi connectivity index (χ3v) is 8.32. The summed E-state index contributed by atoms with van der Waals surface area (Å²) in [5.74, 6) is -4.98. The molecular formula is C9H15F2IO2Si. The molecule has 0 spiro atoms. The lowest BCUT2D eigenvalue weighted by atomic mass is 10.3. The van der Waals surface area contributed by atoms with Gasteiger partial charge >= 0.3 is 11.9 Å². The third-order valence-electron chi connectivity index (χ3n) is 1.57. The van der Waals surface area contributed by atoms with E-state index in [2.05, 4.69) is 4.74 Å². The van der Waals surface area contributed by atoms with Crippen LogP contribution in [0.15, 0.2) is 9.28 Å². The van der Waals surface area contributed by atoms with Crippen LogP contribution in [-0.4, -0.2) is 26.6 Å². The van der Waals surface area contributed by atoms with Gasteiger partial charge in [0.15, 0.2) is 0 Å². The number of carbonyl (C=O) groups excluding carboxylic acids is 1. The number of esters is 1. The molecule has 0 aromatic rings. The summed E-state index contributed by atoms with van der Waals surface area (Å²) in [6.07, 6.45) is 0.720. The smallest absolute Gasteiger partial charge is 0.381 e. The van der Waals surface area contributed by atoms with Gasteiger partial charge < -0.3 is 4.74 Å². The summed E-state index contributed by atoms with van der Waals surface area (Å²) in [7, 11) is -1.78. The van der Waals surface area contributed by atoms with E-state index in [1.54, 1.807) is 0 Å². The van der Waals surface area contributed by atoms with Crippen LogP contribution in [-0.2, 0) is 9.53 Å². The van der Waals surface area contributed by atoms with Crippen LogP contribution >= 0.6 is 22.6 Å². The Labute approximate surface area is 103 Å². The summed E-state index contributed by atoms with van der Waals surface area (Å²) in [5, 5.41) is 0. The molecule has 0 aliphatic carbocycles. The van der Waals surface area contributed by atoms with Crippen molar-refractivity contribution in [2.45, 2.75) is 32.5 Å². The summed E-state index contributed by atoms with van der Waals surface area (Å²) < 4.78 is 31.4. The van der Waals surface area contributed by atoms with Crippen LogP contribution in [0.4, 0.5) is 8.78 Å². The second-order valence-electron chi connectivity index (χ2n) is 4.09. The average molecular weight is 348 g/mol. The zero-order valence-corrected chi connectivity index (χ0v) is 12.4. The Bertz CT molecular complexity index is 272. The molecule has 0 fully saturated rings. The predicted octanol–water partition coefficient (Wildman–Crippen LogP) is 3.38. The fourth-order valence-corrected chi connectivity index (χ4v) is 1.67. The highest BCUT2D eigenvalue weighted by atomic mass is 127. The molecule has 0 aromatic heterocycles. The number of hydrogen-bond donors (Lipinski definition) is 0. The maximum absolute atomic E-state index is 13.3. The normalized spacial score (nSPS) is 13.9. The van der Waals surface area contributed by atoms with Crippen LogP contribution in [0.2, 0.25) is 19.6 Å². The molecule has 0 N–H and O–H groups in total. The van der Waals surface area contributed by atoms with E-state index in [-0.39, 0.29) is 6.61 Å². The van der Waals surface area contributed by atoms with E-state index in [1.807, 2.05) is 42.2 Å². The average Bonchev–Trinajstić information content (AvgIpc) is 2.02. The first-order chi connectivity index (χ1) is 6.61. The zero-order chi connectivity index (χ0) is 12.3. The molecule has 0 aromatic carbocycles. The second-order valence-corrected chi connectivity index (χ2v) is 11.3. The summed E-state index contributed by atoms with van der Waals surface area (Å²) in [4.78, 5) is 10.9. The minimum Gasteiger partial charge on any atom is -0.461 e. The lowest BCUT2D eigenvalue weighted by Crippen LogP contribution is -2.31. The number of ether oxygens (including phenoxy) is 1. The SMILES string of the molecule is CCOC(=O)C(F)(F)/C=C(/I)[Si](C)(C)C. The van der Waals surface area contributed by atoms with Crippen molar-refractivity contribution in [2.24, 2.45) is 0 Å². The summed E-state index contributed by atoms with van der Waals surface area (Å²) in [6.45, 7) is 7.28. The van der Waals surface area contributed by atoms with Crippen molar-refractivity contribution >= 4 is 36.6 Å². The minimum absolute atomic E-state index is 0.0359. The van der Waals surface area contributed by atoms with Gasteiger partial charge in [0.2, 0.25) is 0 Å². The van der Waals surface area contributed by atoms with Crippen molar-refractivity contribution < 1.29 is 18.3 Å². The maximum Gasteiger partial charge on any atom is 0.381 e. The highest BCUT2D eigenvalue weighted by molar-refractivity contribution is 14.1. The molecule has 0 aliphatic rings. The molecule has 88 valence electrons. The number of rotatable bonds is 4. The van der Waals surface area contributed by atoms with Gasteiger partial charge in [-0.1, -0.05) is 42.2 Å². The van der Waals surface area contributed by atoms with Gasteiger partial charge in [0.1, 0.15) is 0 Å². The lowest BCUT2D eigenvalue weighted by molar-refractivity contribution is -0.164. The Kier molecular flexibility index (Phi) is 5.38. The predicted molar refractivity (Wildman–Crippen MR) is 67.0 cm³/mol. The summed E-state index contributed by atoms with van der Waals surface area (Å²) in [6, 6.07) is 0. The van der Waals surface area contributed by atoms with Gasteiger partial charge in [0.05, 0.1) is 14.7 Å². The minimum atomic E-state index is -3.51. The van der Waals surface area contributed by atoms with Gasteiger partial charge in [0.25, 0.3) is 0 Å². The first kappa shape index (κ1) is 15.0. The van der Waals surface area contributed by atoms with Crippen LogP contribution in [0.25, 0.3) is 0 Å². The van der Waals surface area contributed by atoms with Gasteiger partial charge in [0, 0.05) is 6.08 Å². The molecule has 0 saturated carbocycles. The molecule has 0 rings (SSSR count). The largest absolute Gasteiger partial charge is 0.461 e. The molecule has 0 saturated heterocycles. The Morgan fingerprint density at radius 2 is 1.93 bits per heavy atom. The molecule has 0 atom stereocenters. The second kappa shape index (κ2) is 5.38. The van der Waals surface area contributed by atoms with E-state index in [0.29, 0.717) is 3.20 Å². The molecule has 0 aliphatic heterocycles. The number of hydrogen-bond acceptors (Lipinski definition) is 2. The van der Waals surface area contributed by atoms with Gasteiger partial charge in [-0.2, -0.15) is 8.78 Å². The van der Waals surface area contributed by atoms with E-state index >= 15 is 0 Å². The topological polar surface area (TPSA) is 26.3 Å². The van der Waals surface area contributed by atoms with Crippen LogP contribution in [0, 0.1) is 0 Å². The maximum atomic E-state index is 13.3. The highest BCUT2D eigenvalue weighted by Gasteiger charge is 2.39. The van der Waals surface area contributed by atoms with Gasteiger partial charge in [-0.25, -0.2) is 4.79 Å². The van der Waals surface area contributed by atoms with Gasteiger partial charge in [-0.3, -0.25) is 0 Å². The Hall–Kier alpha value is 0.0169. The Morgan fingerprint density at radius 1 is 1.47 bits per heavy atom. The van der Waals surface area contributed by atoms with Crippen molar-refractivity contribution in [3.63, 3.8) is 0 Å². The number of carbonyl (C=O) groups is 1. The number of alkyl halides is 2. The Balaban J connectivity index is 4.83. The van der Waals surface area contributed by atoms with Crippen LogP contribution in [0.1, 0.15) is 6.92 Å². The fourth-order valence-electron chi connectivity index (χ4n) is 0.662. The summed E-state index contributed by atoms with van der Waals surface area (Å²) in [5.41, 5.74) is 0. The van der Waals surface area contributed by atoms with Crippen LogP contribution in [0.5, 0.6) is 0 Å². The summed E-state index contributed by atoms with van der Waals surface area (Å²) >= 11 is 1.87. The quantitative estimate of drug-likeness (QED) is 0.442. The lowest BCUT2D eigenvalue weighted by Gasteiger charge is -2.18. The van der Waals surface area contributed by atoms with Crippen molar-refractivity contribution in [1.29, 1.82) is 0 Å². The number of halogens is 3. The van der Waals surface area contributed by atoms with E-state index in [0.717, 1.165) is 6.08 Å². The molecule has 15 heavy (non-hydrogen) atoms. The molecule has 0 heterocycles. The first-order valence-electron chi connectivity index (χ1n) is 4.55. The van der Waals surface area contributed by atoms with Crippen molar-refractivity contribution in [2.75, 3.05) is 6.61 Å². The zero-order valence-electron chi connectivity index (χ0n) is 9.23. The van der Waals surface area contributed by atoms with E-state index < -0.39 is 20.0 Å². The Morgan fingerprint density at radius 3 is 2.27 bits per heavy atom. The molecule has 0 radical (unpaired) electrons. The van der Waals surface area contributed by atoms with Crippen LogP contribution < -0.4 is 0 Å². The molecule has 0 unspecified atom stereocenters. The molecule has 0 amide bonds. The first-order valence-corrected chi connectivity index (χ1v) is 9.13. The van der Waals surface area contributed by atoms with Gasteiger partial charge in [-0.05, 0) is 10.1 Å². The van der Waals surface area contributed by atoms with Crippen molar-refractivity contribution in [3.05, 3.63) is 9.28 Å². The third kappa shape index (κ3) is 5.05. The van der Waals surface area contributed by atoms with Crippen molar-refractivity contribution in [3.8, 4) is 0 Å². The van der Waals surface area contributed by atoms with Crippen molar-refractivity contribution in [1.82, 2.24) is 0 Å². The fraction of sp³-hybridized carbons (Fsp3) is 0.667. The highest BCUT2D eigenvalue weighted by Crippen LogP contribution is 2.28. The molecule has 0 bridgehead atoms.